The second-order valence-corrected chi connectivity index (χ2v) is 8.02. The zero-order chi connectivity index (χ0) is 19.2. The lowest BCUT2D eigenvalue weighted by Gasteiger charge is -2.11. The monoisotopic (exact) mass is 503 g/mol. The van der Waals surface area contributed by atoms with E-state index in [0.29, 0.717) is 20.1 Å². The third-order valence-electron chi connectivity index (χ3n) is 3.57. The van der Waals surface area contributed by atoms with Crippen molar-refractivity contribution >= 4 is 53.2 Å². The van der Waals surface area contributed by atoms with Crippen molar-refractivity contribution in [2.75, 3.05) is 0 Å². The van der Waals surface area contributed by atoms with E-state index in [2.05, 4.69) is 36.0 Å². The predicted octanol–water partition coefficient (Wildman–Crippen LogP) is 3.84. The Morgan fingerprint density at radius 3 is 2.35 bits per heavy atom. The van der Waals surface area contributed by atoms with E-state index in [0.717, 1.165) is 6.07 Å². The summed E-state index contributed by atoms with van der Waals surface area (Å²) in [6, 6.07) is 6.81. The van der Waals surface area contributed by atoms with Crippen LogP contribution in [0.25, 0.3) is 22.3 Å². The van der Waals surface area contributed by atoms with Crippen LogP contribution in [0.2, 0.25) is 0 Å². The smallest absolute Gasteiger partial charge is 0.262 e. The van der Waals surface area contributed by atoms with Gasteiger partial charge in [0.25, 0.3) is 10.4 Å². The van der Waals surface area contributed by atoms with Gasteiger partial charge in [-0.25, -0.2) is 8.42 Å². The molecule has 0 aliphatic heterocycles. The van der Waals surface area contributed by atoms with Gasteiger partial charge in [0.15, 0.2) is 5.43 Å². The highest BCUT2D eigenvalue weighted by atomic mass is 79.9. The van der Waals surface area contributed by atoms with Crippen LogP contribution in [-0.4, -0.2) is 18.1 Å². The van der Waals surface area contributed by atoms with Crippen molar-refractivity contribution in [3.8, 4) is 22.8 Å². The summed E-state index contributed by atoms with van der Waals surface area (Å²) in [6.07, 6.45) is 0. The van der Waals surface area contributed by atoms with E-state index in [1.54, 1.807) is 19.1 Å². The van der Waals surface area contributed by atoms with E-state index >= 15 is 0 Å². The lowest BCUT2D eigenvalue weighted by molar-refractivity contribution is 0.372. The van der Waals surface area contributed by atoms with E-state index in [1.165, 1.54) is 12.1 Å². The minimum absolute atomic E-state index is 0.00845. The number of fused-ring (bicyclic) bond motifs is 1. The molecule has 0 radical (unpaired) electrons. The quantitative estimate of drug-likeness (QED) is 0.425. The van der Waals surface area contributed by atoms with E-state index in [9.17, 15) is 22.9 Å². The van der Waals surface area contributed by atoms with E-state index in [4.69, 9.17) is 4.42 Å². The number of hydrogen-bond acceptors (Lipinski definition) is 7. The lowest BCUT2D eigenvalue weighted by atomic mass is 10.1. The van der Waals surface area contributed by atoms with Gasteiger partial charge in [-0.1, -0.05) is 0 Å². The molecule has 1 N–H and O–H groups in total. The van der Waals surface area contributed by atoms with Crippen molar-refractivity contribution in [1.82, 2.24) is 0 Å². The van der Waals surface area contributed by atoms with E-state index < -0.39 is 10.4 Å². The first-order valence-electron chi connectivity index (χ1n) is 6.98. The second kappa shape index (κ2) is 6.69. The van der Waals surface area contributed by atoms with Gasteiger partial charge in [0.05, 0.1) is 14.3 Å². The minimum atomic E-state index is -4.95. The van der Waals surface area contributed by atoms with Gasteiger partial charge in [-0.05, 0) is 63.0 Å². The Hall–Kier alpha value is -1.88. The highest BCUT2D eigenvalue weighted by molar-refractivity contribution is 9.11. The molecule has 0 aliphatic carbocycles. The molecule has 1 aromatic heterocycles. The molecule has 0 saturated carbocycles. The molecule has 1 heterocycles. The molecule has 0 amide bonds. The maximum Gasteiger partial charge on any atom is 0.262 e. The van der Waals surface area contributed by atoms with Gasteiger partial charge in [0.2, 0.25) is 0 Å². The van der Waals surface area contributed by atoms with E-state index in [1.807, 2.05) is 0 Å². The first kappa shape index (κ1) is 18.9. The van der Waals surface area contributed by atoms with Crippen LogP contribution in [0.4, 0.5) is 0 Å². The fraction of sp³-hybridized carbons (Fsp3) is 0.0625. The van der Waals surface area contributed by atoms with Crippen molar-refractivity contribution in [2.24, 2.45) is 0 Å². The Balaban J connectivity index is 2.26. The average molecular weight is 505 g/mol. The molecule has 0 fully saturated rings. The van der Waals surface area contributed by atoms with Crippen molar-refractivity contribution in [3.63, 3.8) is 0 Å². The van der Waals surface area contributed by atoms with Crippen LogP contribution < -0.4 is 9.61 Å². The number of halogens is 2. The molecule has 7 nitrogen and oxygen atoms in total. The molecule has 0 aliphatic rings. The molecule has 2 aromatic carbocycles. The molecule has 0 saturated heterocycles. The molecule has 0 atom stereocenters. The van der Waals surface area contributed by atoms with Gasteiger partial charge in [-0.15, -0.1) is 0 Å². The Kier molecular flexibility index (Phi) is 4.86. The number of phenols is 1. The normalized spacial score (nSPS) is 11.7. The summed E-state index contributed by atoms with van der Waals surface area (Å²) >= 11 is 6.42. The number of hydrogen-bond donors (Lipinski definition) is 1. The van der Waals surface area contributed by atoms with Crippen LogP contribution in [0, 0.1) is 6.92 Å². The van der Waals surface area contributed by atoms with Crippen LogP contribution in [0.1, 0.15) is 5.56 Å². The molecule has 136 valence electrons. The van der Waals surface area contributed by atoms with Gasteiger partial charge in [-0.3, -0.25) is 4.79 Å². The van der Waals surface area contributed by atoms with E-state index in [-0.39, 0.29) is 33.7 Å². The van der Waals surface area contributed by atoms with Crippen molar-refractivity contribution in [2.45, 2.75) is 6.92 Å². The summed E-state index contributed by atoms with van der Waals surface area (Å²) in [6.45, 7) is 1.59. The predicted molar refractivity (Wildman–Crippen MR) is 100 cm³/mol. The summed E-state index contributed by atoms with van der Waals surface area (Å²) in [5.74, 6) is -0.0459. The van der Waals surface area contributed by atoms with Crippen molar-refractivity contribution in [1.29, 1.82) is 0 Å². The summed E-state index contributed by atoms with van der Waals surface area (Å²) < 4.78 is 43.1. The van der Waals surface area contributed by atoms with Crippen LogP contribution in [0.3, 0.4) is 0 Å². The van der Waals surface area contributed by atoms with Crippen LogP contribution in [0.15, 0.2) is 48.5 Å². The van der Waals surface area contributed by atoms with Gasteiger partial charge in [-0.2, -0.15) is 0 Å². The first-order chi connectivity index (χ1) is 12.1. The summed E-state index contributed by atoms with van der Waals surface area (Å²) in [7, 11) is -4.95. The highest BCUT2D eigenvalue weighted by Gasteiger charge is 2.16. The Bertz CT molecular complexity index is 1180. The summed E-state index contributed by atoms with van der Waals surface area (Å²) in [4.78, 5) is 12.6. The number of phenolic OH excluding ortho intramolecular Hbond substituents is 1. The molecule has 0 unspecified atom stereocenters. The molecule has 3 aromatic rings. The Labute approximate surface area is 164 Å². The zero-order valence-corrected chi connectivity index (χ0v) is 16.9. The number of benzene rings is 2. The fourth-order valence-corrected chi connectivity index (χ4v) is 3.93. The van der Waals surface area contributed by atoms with Crippen LogP contribution >= 0.6 is 31.9 Å². The maximum atomic E-state index is 12.6. The number of rotatable bonds is 3. The van der Waals surface area contributed by atoms with Gasteiger partial charge in [0, 0.05) is 17.2 Å². The molecule has 10 heteroatoms. The molecule has 0 spiro atoms. The van der Waals surface area contributed by atoms with Gasteiger partial charge < -0.3 is 18.3 Å². The fourth-order valence-electron chi connectivity index (χ4n) is 2.41. The zero-order valence-electron chi connectivity index (χ0n) is 12.9. The van der Waals surface area contributed by atoms with Crippen LogP contribution in [-0.2, 0) is 10.4 Å². The molecular formula is C16H9Br2O7S-. The lowest BCUT2D eigenvalue weighted by Crippen LogP contribution is -2.09. The SMILES string of the molecule is Cc1c(-c2cc(Br)c(O)c(Br)c2)oc2cc(OS(=O)(=O)[O-])ccc2c1=O. The number of aromatic hydroxyl groups is 1. The minimum Gasteiger partial charge on any atom is -0.716 e. The second-order valence-electron chi connectivity index (χ2n) is 5.32. The highest BCUT2D eigenvalue weighted by Crippen LogP contribution is 2.38. The maximum absolute atomic E-state index is 12.6. The third kappa shape index (κ3) is 3.63. The average Bonchev–Trinajstić information content (AvgIpc) is 2.54. The Morgan fingerprint density at radius 1 is 1.15 bits per heavy atom. The molecular weight excluding hydrogens is 496 g/mol. The molecule has 26 heavy (non-hydrogen) atoms. The summed E-state index contributed by atoms with van der Waals surface area (Å²) in [5.41, 5.74) is 0.558. The van der Waals surface area contributed by atoms with Gasteiger partial charge in [0.1, 0.15) is 22.8 Å². The largest absolute Gasteiger partial charge is 0.716 e. The molecule has 3 rings (SSSR count). The third-order valence-corrected chi connectivity index (χ3v) is 5.17. The first-order valence-corrected chi connectivity index (χ1v) is 9.90. The summed E-state index contributed by atoms with van der Waals surface area (Å²) in [5, 5.41) is 10.0. The van der Waals surface area contributed by atoms with Crippen LogP contribution in [0.5, 0.6) is 11.5 Å². The van der Waals surface area contributed by atoms with Crippen molar-refractivity contribution < 1.29 is 26.7 Å². The van der Waals surface area contributed by atoms with Gasteiger partial charge >= 0.3 is 0 Å². The molecule has 0 bridgehead atoms. The van der Waals surface area contributed by atoms with Crippen molar-refractivity contribution in [3.05, 3.63) is 55.1 Å². The standard InChI is InChI=1S/C16H10Br2O7S/c1-7-14(19)10-3-2-9(25-26(21,22)23)6-13(10)24-16(7)8-4-11(17)15(20)12(18)5-8/h2-6,20H,1H3,(H,21,22,23)/p-1. The Morgan fingerprint density at radius 2 is 1.77 bits per heavy atom. The topological polar surface area (TPSA) is 117 Å².